The number of rotatable bonds is 2. The van der Waals surface area contributed by atoms with E-state index in [0.29, 0.717) is 5.41 Å². The molecule has 0 atom stereocenters. The molecule has 0 unspecified atom stereocenters. The second kappa shape index (κ2) is 2.33. The van der Waals surface area contributed by atoms with Crippen LogP contribution in [0.5, 0.6) is 0 Å². The van der Waals surface area contributed by atoms with Crippen LogP contribution in [-0.4, -0.2) is 4.98 Å². The molecule has 1 radical (unpaired) electrons. The summed E-state index contributed by atoms with van der Waals surface area (Å²) in [7, 11) is 0. The van der Waals surface area contributed by atoms with E-state index in [-0.39, 0.29) is 0 Å². The van der Waals surface area contributed by atoms with Gasteiger partial charge < -0.3 is 0 Å². The Kier molecular flexibility index (Phi) is 1.45. The predicted molar refractivity (Wildman–Crippen MR) is 45.1 cm³/mol. The summed E-state index contributed by atoms with van der Waals surface area (Å²) in [6.45, 7) is 3.96. The second-order valence-corrected chi connectivity index (χ2v) is 3.25. The van der Waals surface area contributed by atoms with Gasteiger partial charge in [-0.25, -0.2) is 0 Å². The Bertz CT molecular complexity index is 236. The first-order chi connectivity index (χ1) is 5.37. The van der Waals surface area contributed by atoms with Gasteiger partial charge in [0.2, 0.25) is 0 Å². The van der Waals surface area contributed by atoms with E-state index in [4.69, 9.17) is 0 Å². The molecule has 1 aromatic rings. The van der Waals surface area contributed by atoms with Crippen LogP contribution in [-0.2, 0) is 5.41 Å². The monoisotopic (exact) mass is 146 g/mol. The summed E-state index contributed by atoms with van der Waals surface area (Å²) in [6, 6.07) is 6.12. The molecule has 1 aliphatic rings. The summed E-state index contributed by atoms with van der Waals surface area (Å²) < 4.78 is 0. The zero-order valence-electron chi connectivity index (χ0n) is 6.59. The van der Waals surface area contributed by atoms with Gasteiger partial charge in [-0.3, -0.25) is 4.98 Å². The predicted octanol–water partition coefficient (Wildman–Crippen LogP) is 2.34. The molecule has 2 rings (SSSR count). The number of pyridine rings is 1. The molecule has 1 aliphatic carbocycles. The minimum Gasteiger partial charge on any atom is -0.261 e. The van der Waals surface area contributed by atoms with E-state index in [1.54, 1.807) is 0 Å². The normalized spacial score (nSPS) is 19.7. The first-order valence-electron chi connectivity index (χ1n) is 4.08. The van der Waals surface area contributed by atoms with Crippen LogP contribution in [0.1, 0.15) is 25.0 Å². The van der Waals surface area contributed by atoms with Gasteiger partial charge in [-0.05, 0) is 31.4 Å². The van der Waals surface area contributed by atoms with Crippen LogP contribution in [0.15, 0.2) is 24.4 Å². The van der Waals surface area contributed by atoms with Crippen molar-refractivity contribution in [1.82, 2.24) is 4.98 Å². The molecule has 1 fully saturated rings. The zero-order chi connectivity index (χ0) is 7.73. The van der Waals surface area contributed by atoms with Gasteiger partial charge in [0.15, 0.2) is 0 Å². The minimum atomic E-state index is 0.362. The minimum absolute atomic E-state index is 0.362. The molecule has 0 bridgehead atoms. The molecule has 57 valence electrons. The summed E-state index contributed by atoms with van der Waals surface area (Å²) in [5.41, 5.74) is 1.59. The molecule has 1 heteroatoms. The summed E-state index contributed by atoms with van der Waals surface area (Å²) in [5, 5.41) is 0. The third-order valence-electron chi connectivity index (χ3n) is 2.54. The Morgan fingerprint density at radius 3 is 2.73 bits per heavy atom. The Labute approximate surface area is 67.5 Å². The topological polar surface area (TPSA) is 12.9 Å². The Hall–Kier alpha value is -0.850. The molecule has 1 saturated carbocycles. The summed E-state index contributed by atoms with van der Waals surface area (Å²) in [6.07, 6.45) is 5.40. The van der Waals surface area contributed by atoms with Crippen molar-refractivity contribution < 1.29 is 0 Å². The molecule has 1 aromatic heterocycles. The van der Waals surface area contributed by atoms with E-state index in [0.717, 1.165) is 6.42 Å². The SMILES string of the molecule is [CH2]CC1(c2ccccn2)CC1. The fourth-order valence-corrected chi connectivity index (χ4v) is 1.46. The van der Waals surface area contributed by atoms with Gasteiger partial charge in [0.25, 0.3) is 0 Å². The molecule has 11 heavy (non-hydrogen) atoms. The largest absolute Gasteiger partial charge is 0.261 e. The average Bonchev–Trinajstić information content (AvgIpc) is 2.86. The molecule has 1 nitrogen and oxygen atoms in total. The van der Waals surface area contributed by atoms with Crippen LogP contribution < -0.4 is 0 Å². The van der Waals surface area contributed by atoms with Crippen LogP contribution in [0.25, 0.3) is 0 Å². The quantitative estimate of drug-likeness (QED) is 0.624. The van der Waals surface area contributed by atoms with Crippen molar-refractivity contribution in [1.29, 1.82) is 0 Å². The maximum absolute atomic E-state index is 4.34. The lowest BCUT2D eigenvalue weighted by atomic mass is 9.99. The van der Waals surface area contributed by atoms with E-state index in [1.165, 1.54) is 18.5 Å². The highest BCUT2D eigenvalue weighted by molar-refractivity contribution is 5.24. The Balaban J connectivity index is 2.30. The van der Waals surface area contributed by atoms with Gasteiger partial charge >= 0.3 is 0 Å². The van der Waals surface area contributed by atoms with Gasteiger partial charge in [-0.2, -0.15) is 0 Å². The third-order valence-corrected chi connectivity index (χ3v) is 2.54. The molecular formula is C10H12N. The first kappa shape index (κ1) is 6.84. The van der Waals surface area contributed by atoms with E-state index >= 15 is 0 Å². The molecule has 0 aliphatic heterocycles. The van der Waals surface area contributed by atoms with Gasteiger partial charge in [-0.1, -0.05) is 13.0 Å². The highest BCUT2D eigenvalue weighted by Gasteiger charge is 2.43. The lowest BCUT2D eigenvalue weighted by molar-refractivity contribution is 0.677. The van der Waals surface area contributed by atoms with Crippen LogP contribution in [0.4, 0.5) is 0 Å². The van der Waals surface area contributed by atoms with Gasteiger partial charge in [0.05, 0.1) is 0 Å². The number of nitrogens with zero attached hydrogens (tertiary/aromatic N) is 1. The summed E-state index contributed by atoms with van der Waals surface area (Å²) in [5.74, 6) is 0. The number of aromatic nitrogens is 1. The van der Waals surface area contributed by atoms with Crippen LogP contribution >= 0.6 is 0 Å². The van der Waals surface area contributed by atoms with E-state index in [1.807, 2.05) is 12.3 Å². The Morgan fingerprint density at radius 2 is 2.27 bits per heavy atom. The maximum Gasteiger partial charge on any atom is 0.0465 e. The molecule has 0 N–H and O–H groups in total. The summed E-state index contributed by atoms with van der Waals surface area (Å²) in [4.78, 5) is 4.34. The van der Waals surface area contributed by atoms with Crippen molar-refractivity contribution in [3.63, 3.8) is 0 Å². The van der Waals surface area contributed by atoms with E-state index in [2.05, 4.69) is 24.0 Å². The van der Waals surface area contributed by atoms with E-state index < -0.39 is 0 Å². The molecule has 1 heterocycles. The second-order valence-electron chi connectivity index (χ2n) is 3.25. The molecule has 0 saturated heterocycles. The number of hydrogen-bond donors (Lipinski definition) is 0. The Morgan fingerprint density at radius 1 is 1.45 bits per heavy atom. The molecular weight excluding hydrogens is 134 g/mol. The first-order valence-corrected chi connectivity index (χ1v) is 4.08. The van der Waals surface area contributed by atoms with Crippen LogP contribution in [0.3, 0.4) is 0 Å². The van der Waals surface area contributed by atoms with Crippen molar-refractivity contribution in [3.05, 3.63) is 37.0 Å². The zero-order valence-corrected chi connectivity index (χ0v) is 6.59. The average molecular weight is 146 g/mol. The van der Waals surface area contributed by atoms with Gasteiger partial charge in [-0.15, -0.1) is 0 Å². The lowest BCUT2D eigenvalue weighted by Gasteiger charge is -2.09. The van der Waals surface area contributed by atoms with Crippen molar-refractivity contribution in [2.45, 2.75) is 24.7 Å². The van der Waals surface area contributed by atoms with Gasteiger partial charge in [0, 0.05) is 17.3 Å². The van der Waals surface area contributed by atoms with Gasteiger partial charge in [0.1, 0.15) is 0 Å². The third kappa shape index (κ3) is 1.05. The van der Waals surface area contributed by atoms with Crippen molar-refractivity contribution in [2.24, 2.45) is 0 Å². The molecule has 0 aromatic carbocycles. The van der Waals surface area contributed by atoms with Crippen LogP contribution in [0, 0.1) is 6.92 Å². The molecule has 0 amide bonds. The fraction of sp³-hybridized carbons (Fsp3) is 0.400. The maximum atomic E-state index is 4.34. The van der Waals surface area contributed by atoms with Crippen molar-refractivity contribution in [3.8, 4) is 0 Å². The van der Waals surface area contributed by atoms with Crippen molar-refractivity contribution in [2.75, 3.05) is 0 Å². The van der Waals surface area contributed by atoms with Crippen LogP contribution in [0.2, 0.25) is 0 Å². The smallest absolute Gasteiger partial charge is 0.0465 e. The number of hydrogen-bond acceptors (Lipinski definition) is 1. The highest BCUT2D eigenvalue weighted by Crippen LogP contribution is 2.49. The highest BCUT2D eigenvalue weighted by atomic mass is 14.7. The van der Waals surface area contributed by atoms with Crippen molar-refractivity contribution >= 4 is 0 Å². The molecule has 0 spiro atoms. The summed E-state index contributed by atoms with van der Waals surface area (Å²) >= 11 is 0. The standard InChI is InChI=1S/C10H12N/c1-2-10(6-7-10)9-5-3-4-8-11-9/h3-5,8H,1-2,6-7H2. The fourth-order valence-electron chi connectivity index (χ4n) is 1.46. The lowest BCUT2D eigenvalue weighted by Crippen LogP contribution is -2.06. The van der Waals surface area contributed by atoms with E-state index in [9.17, 15) is 0 Å².